The Bertz CT molecular complexity index is 1320. The lowest BCUT2D eigenvalue weighted by molar-refractivity contribution is -0.146. The first kappa shape index (κ1) is 46.8. The van der Waals surface area contributed by atoms with E-state index in [0.29, 0.717) is 31.0 Å². The number of hydrogen-bond donors (Lipinski definition) is 4. The molecule has 1 heterocycles. The lowest BCUT2D eigenvalue weighted by atomic mass is 9.89. The molecule has 1 aromatic carbocycles. The summed E-state index contributed by atoms with van der Waals surface area (Å²) in [6, 6.07) is 7.79. The zero-order valence-electron chi connectivity index (χ0n) is 34.3. The second-order valence-electron chi connectivity index (χ2n) is 15.4. The van der Waals surface area contributed by atoms with E-state index in [0.717, 1.165) is 24.8 Å². The molecular weight excluding hydrogens is 709 g/mol. The highest BCUT2D eigenvalue weighted by molar-refractivity contribution is 7.99. The van der Waals surface area contributed by atoms with Gasteiger partial charge in [-0.25, -0.2) is 4.79 Å². The number of methoxy groups -OCH3 is 1. The van der Waals surface area contributed by atoms with Gasteiger partial charge < -0.3 is 35.6 Å². The molecule has 1 fully saturated rings. The summed E-state index contributed by atoms with van der Waals surface area (Å²) in [5, 5.41) is 17.4. The van der Waals surface area contributed by atoms with Crippen LogP contribution in [0.25, 0.3) is 0 Å². The Morgan fingerprint density at radius 2 is 1.65 bits per heavy atom. The summed E-state index contributed by atoms with van der Waals surface area (Å²) in [4.78, 5) is 71.4. The molecule has 4 N–H and O–H groups in total. The van der Waals surface area contributed by atoms with Gasteiger partial charge in [-0.1, -0.05) is 78.3 Å². The number of carbonyl (C=O) groups excluding carboxylic acids is 4. The third kappa shape index (κ3) is 14.4. The summed E-state index contributed by atoms with van der Waals surface area (Å²) in [7, 11) is 7.04. The molecule has 1 aliphatic heterocycles. The monoisotopic (exact) mass is 776 g/mol. The van der Waals surface area contributed by atoms with Crippen LogP contribution < -0.4 is 16.0 Å². The molecule has 14 heteroatoms. The summed E-state index contributed by atoms with van der Waals surface area (Å²) in [5.41, 5.74) is 1.06. The fourth-order valence-electron chi connectivity index (χ4n) is 7.57. The molecule has 0 aromatic heterocycles. The second kappa shape index (κ2) is 23.5. The number of rotatable bonds is 23. The number of nitrogens with one attached hydrogen (secondary N) is 3. The van der Waals surface area contributed by atoms with E-state index in [1.54, 1.807) is 19.1 Å². The number of carbonyl (C=O) groups is 5. The average Bonchev–Trinajstić information content (AvgIpc) is 3.61. The summed E-state index contributed by atoms with van der Waals surface area (Å²) >= 11 is 1.51. The minimum absolute atomic E-state index is 0.0114. The topological polar surface area (TPSA) is 161 Å². The predicted molar refractivity (Wildman–Crippen MR) is 215 cm³/mol. The van der Waals surface area contributed by atoms with Crippen molar-refractivity contribution in [2.75, 3.05) is 52.8 Å². The molecule has 0 spiro atoms. The van der Waals surface area contributed by atoms with Crippen LogP contribution in [0.4, 0.5) is 4.79 Å². The Balaban J connectivity index is 2.28. The number of ether oxygens (including phenoxy) is 1. The van der Waals surface area contributed by atoms with Crippen LogP contribution in [0.3, 0.4) is 0 Å². The van der Waals surface area contributed by atoms with Crippen molar-refractivity contribution in [2.24, 2.45) is 17.8 Å². The van der Waals surface area contributed by atoms with Gasteiger partial charge in [-0.3, -0.25) is 24.1 Å². The number of likely N-dealkylation sites (N-methyl/N-ethyl adjacent to an activating group) is 2. The van der Waals surface area contributed by atoms with Crippen molar-refractivity contribution in [1.82, 2.24) is 30.7 Å². The number of thioether (sulfide) groups is 1. The van der Waals surface area contributed by atoms with Gasteiger partial charge in [0.05, 0.1) is 36.7 Å². The molecule has 0 saturated carbocycles. The van der Waals surface area contributed by atoms with E-state index in [1.165, 1.54) is 11.8 Å². The first-order valence-electron chi connectivity index (χ1n) is 19.5. The number of carboxylic acid groups (broad SMARTS) is 1. The highest BCUT2D eigenvalue weighted by atomic mass is 32.2. The van der Waals surface area contributed by atoms with Gasteiger partial charge in [-0.15, -0.1) is 0 Å². The molecule has 54 heavy (non-hydrogen) atoms. The maximum Gasteiger partial charge on any atom is 0.404 e. The molecule has 1 aromatic rings. The van der Waals surface area contributed by atoms with Crippen LogP contribution in [-0.4, -0.2) is 139 Å². The normalized spacial score (nSPS) is 17.8. The van der Waals surface area contributed by atoms with Gasteiger partial charge in [0.1, 0.15) is 6.04 Å². The van der Waals surface area contributed by atoms with Crippen molar-refractivity contribution in [3.63, 3.8) is 0 Å². The molecular formula is C40H68N6O7S. The molecule has 1 saturated heterocycles. The van der Waals surface area contributed by atoms with Gasteiger partial charge in [0.2, 0.25) is 23.6 Å². The van der Waals surface area contributed by atoms with Crippen LogP contribution in [0.5, 0.6) is 0 Å². The maximum absolute atomic E-state index is 14.3. The minimum atomic E-state index is -1.07. The van der Waals surface area contributed by atoms with Crippen molar-refractivity contribution in [3.8, 4) is 0 Å². The molecule has 7 unspecified atom stereocenters. The van der Waals surface area contributed by atoms with Crippen molar-refractivity contribution in [2.45, 2.75) is 116 Å². The summed E-state index contributed by atoms with van der Waals surface area (Å²) < 4.78 is 6.06. The quantitative estimate of drug-likeness (QED) is 0.120. The van der Waals surface area contributed by atoms with Gasteiger partial charge >= 0.3 is 6.09 Å². The van der Waals surface area contributed by atoms with Crippen LogP contribution in [0, 0.1) is 17.8 Å². The van der Waals surface area contributed by atoms with Crippen LogP contribution in [-0.2, 0) is 30.3 Å². The molecule has 0 aliphatic carbocycles. The zero-order valence-corrected chi connectivity index (χ0v) is 35.1. The standard InChI is InChI=1S/C40H68N6O7S/c1-11-28(6)37(45(9)39(50)35(26(2)3)43-38(49)36(27(4)5)44(7)8)32(53-10)25-34(48)46-21-15-18-31(46)30(24-29-16-13-12-14-17-29)42-33(47)19-22-54-23-20-41-40(51)52/h12-14,16-17,26-28,30-32,35-37,41H,11,15,18-25H2,1-10H3,(H,42,47)(H,43,49)(H,51,52). The molecule has 5 amide bonds. The van der Waals surface area contributed by atoms with E-state index in [9.17, 15) is 24.0 Å². The lowest BCUT2D eigenvalue weighted by Gasteiger charge is -2.41. The number of hydrogen-bond acceptors (Lipinski definition) is 8. The Labute approximate surface area is 328 Å². The Morgan fingerprint density at radius 1 is 0.981 bits per heavy atom. The highest BCUT2D eigenvalue weighted by Crippen LogP contribution is 2.28. The molecule has 1 aliphatic rings. The van der Waals surface area contributed by atoms with Gasteiger partial charge in [-0.05, 0) is 56.7 Å². The number of nitrogens with zero attached hydrogens (tertiary/aromatic N) is 3. The average molecular weight is 777 g/mol. The first-order valence-corrected chi connectivity index (χ1v) is 20.6. The predicted octanol–water partition coefficient (Wildman–Crippen LogP) is 4.10. The van der Waals surface area contributed by atoms with E-state index < -0.39 is 30.3 Å². The van der Waals surface area contributed by atoms with Crippen molar-refractivity contribution in [3.05, 3.63) is 35.9 Å². The van der Waals surface area contributed by atoms with Gasteiger partial charge in [-0.2, -0.15) is 11.8 Å². The Kier molecular flexibility index (Phi) is 20.4. The summed E-state index contributed by atoms with van der Waals surface area (Å²) in [6.45, 7) is 12.8. The first-order chi connectivity index (χ1) is 25.5. The van der Waals surface area contributed by atoms with E-state index in [4.69, 9.17) is 9.84 Å². The van der Waals surface area contributed by atoms with E-state index in [1.807, 2.05) is 81.9 Å². The number of likely N-dealkylation sites (tertiary alicyclic amines) is 1. The van der Waals surface area contributed by atoms with Gasteiger partial charge in [0.25, 0.3) is 0 Å². The fraction of sp³-hybridized carbons (Fsp3) is 0.725. The highest BCUT2D eigenvalue weighted by Gasteiger charge is 2.41. The Hall–Kier alpha value is -3.36. The summed E-state index contributed by atoms with van der Waals surface area (Å²) in [6.07, 6.45) is 1.51. The fourth-order valence-corrected chi connectivity index (χ4v) is 8.35. The summed E-state index contributed by atoms with van der Waals surface area (Å²) in [5.74, 6) is 0.358. The van der Waals surface area contributed by atoms with E-state index in [-0.39, 0.29) is 66.3 Å². The van der Waals surface area contributed by atoms with Gasteiger partial charge in [0.15, 0.2) is 0 Å². The largest absolute Gasteiger partial charge is 0.465 e. The molecule has 0 bridgehead atoms. The number of benzene rings is 1. The third-order valence-electron chi connectivity index (χ3n) is 10.5. The molecule has 13 nitrogen and oxygen atoms in total. The molecule has 7 atom stereocenters. The van der Waals surface area contributed by atoms with Gasteiger partial charge in [0, 0.05) is 45.2 Å². The van der Waals surface area contributed by atoms with Crippen molar-refractivity contribution in [1.29, 1.82) is 0 Å². The third-order valence-corrected chi connectivity index (χ3v) is 11.5. The zero-order chi connectivity index (χ0) is 40.5. The van der Waals surface area contributed by atoms with E-state index in [2.05, 4.69) is 29.8 Å². The second-order valence-corrected chi connectivity index (χ2v) is 16.7. The SMILES string of the molecule is CCC(C)C(C(CC(=O)N1CCCC1C(Cc1ccccc1)NC(=O)CCSCCNC(=O)O)OC)N(C)C(=O)C(NC(=O)C(C(C)C)N(C)C)C(C)C. The Morgan fingerprint density at radius 3 is 2.20 bits per heavy atom. The molecule has 0 radical (unpaired) electrons. The van der Waals surface area contributed by atoms with Crippen molar-refractivity contribution >= 4 is 41.5 Å². The lowest BCUT2D eigenvalue weighted by Crippen LogP contribution is -2.59. The van der Waals surface area contributed by atoms with Crippen LogP contribution >= 0.6 is 11.8 Å². The smallest absolute Gasteiger partial charge is 0.404 e. The van der Waals surface area contributed by atoms with Crippen molar-refractivity contribution < 1.29 is 33.8 Å². The van der Waals surface area contributed by atoms with E-state index >= 15 is 0 Å². The van der Waals surface area contributed by atoms with Crippen LogP contribution in [0.1, 0.15) is 79.2 Å². The minimum Gasteiger partial charge on any atom is -0.465 e. The van der Waals surface area contributed by atoms with Crippen LogP contribution in [0.2, 0.25) is 0 Å². The van der Waals surface area contributed by atoms with Crippen LogP contribution in [0.15, 0.2) is 30.3 Å². The molecule has 306 valence electrons. The molecule has 2 rings (SSSR count). The maximum atomic E-state index is 14.3. The number of amides is 5.